The molecular weight excluding hydrogens is 320 g/mol. The second kappa shape index (κ2) is 10.0. The number of guanidine groups is 1. The number of hydrogen-bond acceptors (Lipinski definition) is 4. The zero-order chi connectivity index (χ0) is 17.2. The average Bonchev–Trinajstić information content (AvgIpc) is 3.07. The highest BCUT2D eigenvalue weighted by Gasteiger charge is 2.08. The first-order valence-corrected chi connectivity index (χ1v) is 9.25. The lowest BCUT2D eigenvalue weighted by Gasteiger charge is -2.10. The van der Waals surface area contributed by atoms with Crippen molar-refractivity contribution in [2.24, 2.45) is 4.99 Å². The molecule has 1 aromatic heterocycles. The fraction of sp³-hybridized carbons (Fsp3) is 0.444. The summed E-state index contributed by atoms with van der Waals surface area (Å²) in [6.07, 6.45) is 1.07. The largest absolute Gasteiger partial charge is 0.359 e. The van der Waals surface area contributed by atoms with E-state index in [9.17, 15) is 0 Å². The van der Waals surface area contributed by atoms with E-state index >= 15 is 0 Å². The summed E-state index contributed by atoms with van der Waals surface area (Å²) in [6.45, 7) is 5.66. The van der Waals surface area contributed by atoms with Gasteiger partial charge in [0.05, 0.1) is 12.2 Å². The van der Waals surface area contributed by atoms with Gasteiger partial charge in [0, 0.05) is 24.6 Å². The van der Waals surface area contributed by atoms with Crippen LogP contribution in [0.25, 0.3) is 0 Å². The van der Waals surface area contributed by atoms with Crippen LogP contribution in [0.2, 0.25) is 0 Å². The Bertz CT molecular complexity index is 625. The molecule has 5 nitrogen and oxygen atoms in total. The van der Waals surface area contributed by atoms with Gasteiger partial charge in [0.25, 0.3) is 0 Å². The lowest BCUT2D eigenvalue weighted by atomic mass is 10.1. The number of thioether (sulfide) groups is 1. The summed E-state index contributed by atoms with van der Waals surface area (Å²) in [5.74, 6) is 3.05. The van der Waals surface area contributed by atoms with Gasteiger partial charge in [-0.15, -0.1) is 11.8 Å². The van der Waals surface area contributed by atoms with Gasteiger partial charge in [0.2, 0.25) is 0 Å². The Hall–Kier alpha value is -1.95. The van der Waals surface area contributed by atoms with Crippen molar-refractivity contribution >= 4 is 17.7 Å². The number of benzene rings is 1. The van der Waals surface area contributed by atoms with Gasteiger partial charge in [-0.25, -0.2) is 0 Å². The third-order valence-corrected chi connectivity index (χ3v) is 4.55. The summed E-state index contributed by atoms with van der Waals surface area (Å²) in [7, 11) is 1.77. The molecule has 0 unspecified atom stereocenters. The Morgan fingerprint density at radius 1 is 1.25 bits per heavy atom. The standard InChI is InChI=1S/C18H26N4OS/c1-14(2)17-12-15(23-22-17)13-21-18(19-3)20-10-7-11-24-16-8-5-4-6-9-16/h4-6,8-9,12,14H,7,10-11,13H2,1-3H3,(H2,19,20,21). The third-order valence-electron chi connectivity index (χ3n) is 3.45. The maximum atomic E-state index is 5.31. The van der Waals surface area contributed by atoms with Crippen molar-refractivity contribution in [3.63, 3.8) is 0 Å². The van der Waals surface area contributed by atoms with Crippen LogP contribution in [0.4, 0.5) is 0 Å². The molecule has 0 saturated heterocycles. The summed E-state index contributed by atoms with van der Waals surface area (Å²) < 4.78 is 5.31. The van der Waals surface area contributed by atoms with Crippen LogP contribution in [0, 0.1) is 0 Å². The molecule has 0 bridgehead atoms. The first-order valence-electron chi connectivity index (χ1n) is 8.27. The van der Waals surface area contributed by atoms with E-state index in [1.807, 2.05) is 23.9 Å². The van der Waals surface area contributed by atoms with Gasteiger partial charge in [-0.3, -0.25) is 4.99 Å². The van der Waals surface area contributed by atoms with E-state index in [1.165, 1.54) is 4.90 Å². The molecular formula is C18H26N4OS. The van der Waals surface area contributed by atoms with Gasteiger partial charge in [-0.1, -0.05) is 37.2 Å². The van der Waals surface area contributed by atoms with E-state index in [0.717, 1.165) is 36.1 Å². The topological polar surface area (TPSA) is 62.5 Å². The molecule has 0 atom stereocenters. The summed E-state index contributed by atoms with van der Waals surface area (Å²) in [5, 5.41) is 10.6. The van der Waals surface area contributed by atoms with E-state index in [-0.39, 0.29) is 0 Å². The van der Waals surface area contributed by atoms with Crippen molar-refractivity contribution in [2.45, 2.75) is 37.6 Å². The van der Waals surface area contributed by atoms with E-state index in [4.69, 9.17) is 4.52 Å². The second-order valence-corrected chi connectivity index (χ2v) is 6.91. The summed E-state index contributed by atoms with van der Waals surface area (Å²) in [6, 6.07) is 12.4. The van der Waals surface area contributed by atoms with Crippen LogP contribution in [-0.4, -0.2) is 30.5 Å². The molecule has 2 aromatic rings. The molecule has 0 radical (unpaired) electrons. The molecule has 0 fully saturated rings. The minimum atomic E-state index is 0.377. The molecule has 0 aliphatic carbocycles. The van der Waals surface area contributed by atoms with E-state index in [2.05, 4.69) is 58.9 Å². The number of hydrogen-bond donors (Lipinski definition) is 2. The summed E-state index contributed by atoms with van der Waals surface area (Å²) in [4.78, 5) is 5.54. The zero-order valence-electron chi connectivity index (χ0n) is 14.6. The van der Waals surface area contributed by atoms with Crippen molar-refractivity contribution in [1.29, 1.82) is 0 Å². The normalized spacial score (nSPS) is 11.8. The predicted molar refractivity (Wildman–Crippen MR) is 101 cm³/mol. The Morgan fingerprint density at radius 2 is 2.04 bits per heavy atom. The van der Waals surface area contributed by atoms with E-state index in [1.54, 1.807) is 7.05 Å². The molecule has 0 aliphatic heterocycles. The van der Waals surface area contributed by atoms with Crippen LogP contribution in [0.5, 0.6) is 0 Å². The Morgan fingerprint density at radius 3 is 2.71 bits per heavy atom. The lowest BCUT2D eigenvalue weighted by molar-refractivity contribution is 0.372. The highest BCUT2D eigenvalue weighted by Crippen LogP contribution is 2.17. The van der Waals surface area contributed by atoms with Crippen LogP contribution in [0.15, 0.2) is 50.8 Å². The van der Waals surface area contributed by atoms with Crippen molar-refractivity contribution < 1.29 is 4.52 Å². The molecule has 0 spiro atoms. The van der Waals surface area contributed by atoms with Crippen LogP contribution in [0.3, 0.4) is 0 Å². The molecule has 1 aromatic carbocycles. The minimum Gasteiger partial charge on any atom is -0.359 e. The fourth-order valence-corrected chi connectivity index (χ4v) is 2.94. The predicted octanol–water partition coefficient (Wildman–Crippen LogP) is 3.65. The first kappa shape index (κ1) is 18.4. The minimum absolute atomic E-state index is 0.377. The van der Waals surface area contributed by atoms with Crippen LogP contribution >= 0.6 is 11.8 Å². The Kier molecular flexibility index (Phi) is 7.68. The molecule has 0 saturated carbocycles. The number of nitrogens with one attached hydrogen (secondary N) is 2. The SMILES string of the molecule is CN=C(NCCCSc1ccccc1)NCc1cc(C(C)C)no1. The van der Waals surface area contributed by atoms with Gasteiger partial charge in [-0.2, -0.15) is 0 Å². The molecule has 130 valence electrons. The van der Waals surface area contributed by atoms with Crippen LogP contribution in [-0.2, 0) is 6.54 Å². The quantitative estimate of drug-likeness (QED) is 0.331. The zero-order valence-corrected chi connectivity index (χ0v) is 15.4. The fourth-order valence-electron chi connectivity index (χ4n) is 2.06. The number of aromatic nitrogens is 1. The van der Waals surface area contributed by atoms with Gasteiger partial charge >= 0.3 is 0 Å². The van der Waals surface area contributed by atoms with Gasteiger partial charge in [-0.05, 0) is 30.2 Å². The highest BCUT2D eigenvalue weighted by atomic mass is 32.2. The molecule has 2 rings (SSSR count). The van der Waals surface area contributed by atoms with E-state index < -0.39 is 0 Å². The average molecular weight is 347 g/mol. The molecule has 24 heavy (non-hydrogen) atoms. The summed E-state index contributed by atoms with van der Waals surface area (Å²) >= 11 is 1.87. The number of rotatable bonds is 8. The molecule has 1 heterocycles. The maximum Gasteiger partial charge on any atom is 0.191 e. The van der Waals surface area contributed by atoms with E-state index in [0.29, 0.717) is 12.5 Å². The van der Waals surface area contributed by atoms with Crippen molar-refractivity contribution in [3.05, 3.63) is 47.9 Å². The second-order valence-electron chi connectivity index (χ2n) is 5.74. The Labute approximate surface area is 148 Å². The third kappa shape index (κ3) is 6.28. The first-order chi connectivity index (χ1) is 11.7. The number of aliphatic imine (C=N–C) groups is 1. The smallest absolute Gasteiger partial charge is 0.191 e. The van der Waals surface area contributed by atoms with Gasteiger partial charge < -0.3 is 15.2 Å². The molecule has 2 N–H and O–H groups in total. The molecule has 0 amide bonds. The lowest BCUT2D eigenvalue weighted by Crippen LogP contribution is -2.37. The molecule has 6 heteroatoms. The van der Waals surface area contributed by atoms with Gasteiger partial charge in [0.1, 0.15) is 0 Å². The van der Waals surface area contributed by atoms with Crippen molar-refractivity contribution in [1.82, 2.24) is 15.8 Å². The van der Waals surface area contributed by atoms with Crippen LogP contribution < -0.4 is 10.6 Å². The summed E-state index contributed by atoms with van der Waals surface area (Å²) in [5.41, 5.74) is 0.979. The van der Waals surface area contributed by atoms with Crippen molar-refractivity contribution in [2.75, 3.05) is 19.3 Å². The maximum absolute atomic E-state index is 5.31. The molecule has 0 aliphatic rings. The van der Waals surface area contributed by atoms with Gasteiger partial charge in [0.15, 0.2) is 11.7 Å². The highest BCUT2D eigenvalue weighted by molar-refractivity contribution is 7.99. The Balaban J connectivity index is 1.63. The van der Waals surface area contributed by atoms with Crippen molar-refractivity contribution in [3.8, 4) is 0 Å². The number of nitrogens with zero attached hydrogens (tertiary/aromatic N) is 2. The van der Waals surface area contributed by atoms with Crippen LogP contribution in [0.1, 0.15) is 37.6 Å². The monoisotopic (exact) mass is 346 g/mol.